The van der Waals surface area contributed by atoms with Crippen molar-refractivity contribution in [1.82, 2.24) is 10.2 Å². The third-order valence-corrected chi connectivity index (χ3v) is 2.52. The summed E-state index contributed by atoms with van der Waals surface area (Å²) in [7, 11) is 3.38. The van der Waals surface area contributed by atoms with E-state index in [9.17, 15) is 9.90 Å². The van der Waals surface area contributed by atoms with Crippen molar-refractivity contribution in [3.63, 3.8) is 0 Å². The summed E-state index contributed by atoms with van der Waals surface area (Å²) in [5.41, 5.74) is 0.766. The summed E-state index contributed by atoms with van der Waals surface area (Å²) in [6.45, 7) is 3.32. The number of amides is 1. The first-order chi connectivity index (χ1) is 8.56. The fourth-order valence-electron chi connectivity index (χ4n) is 1.65. The fourth-order valence-corrected chi connectivity index (χ4v) is 1.65. The molecule has 0 radical (unpaired) electrons. The lowest BCUT2D eigenvalue weighted by molar-refractivity contribution is -0.121. The van der Waals surface area contributed by atoms with E-state index in [0.717, 1.165) is 5.56 Å². The van der Waals surface area contributed by atoms with Crippen LogP contribution in [0.4, 0.5) is 0 Å². The highest BCUT2D eigenvalue weighted by Crippen LogP contribution is 2.24. The van der Waals surface area contributed by atoms with E-state index >= 15 is 0 Å². The molecule has 1 aromatic rings. The summed E-state index contributed by atoms with van der Waals surface area (Å²) < 4.78 is 5.01. The van der Waals surface area contributed by atoms with Gasteiger partial charge in [0, 0.05) is 24.7 Å². The Morgan fingerprint density at radius 2 is 2.22 bits per heavy atom. The van der Waals surface area contributed by atoms with Crippen LogP contribution < -0.4 is 10.1 Å². The number of hydrogen-bond acceptors (Lipinski definition) is 4. The van der Waals surface area contributed by atoms with Gasteiger partial charge in [-0.3, -0.25) is 9.69 Å². The summed E-state index contributed by atoms with van der Waals surface area (Å²) in [6.07, 6.45) is 0. The van der Waals surface area contributed by atoms with E-state index in [0.29, 0.717) is 25.4 Å². The van der Waals surface area contributed by atoms with E-state index in [-0.39, 0.29) is 11.7 Å². The average Bonchev–Trinajstić information content (AvgIpc) is 2.31. The third-order valence-electron chi connectivity index (χ3n) is 2.52. The molecule has 0 atom stereocenters. The summed E-state index contributed by atoms with van der Waals surface area (Å²) >= 11 is 0. The highest BCUT2D eigenvalue weighted by atomic mass is 16.5. The van der Waals surface area contributed by atoms with Gasteiger partial charge in [0.25, 0.3) is 0 Å². The topological polar surface area (TPSA) is 61.8 Å². The van der Waals surface area contributed by atoms with Gasteiger partial charge in [-0.05, 0) is 20.0 Å². The van der Waals surface area contributed by atoms with Gasteiger partial charge in [0.1, 0.15) is 11.5 Å². The van der Waals surface area contributed by atoms with Crippen molar-refractivity contribution < 1.29 is 14.6 Å². The van der Waals surface area contributed by atoms with Gasteiger partial charge in [-0.2, -0.15) is 0 Å². The zero-order valence-corrected chi connectivity index (χ0v) is 11.1. The molecule has 5 nitrogen and oxygen atoms in total. The minimum absolute atomic E-state index is 0.0204. The highest BCUT2D eigenvalue weighted by Gasteiger charge is 2.09. The first-order valence-corrected chi connectivity index (χ1v) is 5.88. The summed E-state index contributed by atoms with van der Waals surface area (Å²) in [6, 6.07) is 5.15. The van der Waals surface area contributed by atoms with Crippen LogP contribution in [-0.4, -0.2) is 43.2 Å². The first kappa shape index (κ1) is 14.3. The lowest BCUT2D eigenvalue weighted by atomic mass is 10.2. The van der Waals surface area contributed by atoms with Crippen LogP contribution >= 0.6 is 0 Å². The van der Waals surface area contributed by atoms with Crippen LogP contribution in [0.15, 0.2) is 18.2 Å². The van der Waals surface area contributed by atoms with Crippen molar-refractivity contribution >= 4 is 5.91 Å². The maximum absolute atomic E-state index is 11.4. The SMILES string of the molecule is CCNC(=O)CN(C)Cc1ccc(OC)cc1O. The van der Waals surface area contributed by atoms with Gasteiger partial charge in [0.05, 0.1) is 13.7 Å². The van der Waals surface area contributed by atoms with Crippen LogP contribution in [0.2, 0.25) is 0 Å². The molecule has 0 spiro atoms. The number of ether oxygens (including phenoxy) is 1. The summed E-state index contributed by atoms with van der Waals surface area (Å²) in [5.74, 6) is 0.771. The molecule has 0 saturated heterocycles. The molecular weight excluding hydrogens is 232 g/mol. The molecule has 0 heterocycles. The second kappa shape index (κ2) is 6.86. The minimum Gasteiger partial charge on any atom is -0.507 e. The van der Waals surface area contributed by atoms with E-state index in [4.69, 9.17) is 4.74 Å². The monoisotopic (exact) mass is 252 g/mol. The normalized spacial score (nSPS) is 10.4. The van der Waals surface area contributed by atoms with Gasteiger partial charge in [0.2, 0.25) is 5.91 Å². The molecular formula is C13H20N2O3. The van der Waals surface area contributed by atoms with Crippen molar-refractivity contribution in [2.75, 3.05) is 27.2 Å². The molecule has 1 amide bonds. The minimum atomic E-state index is -0.0204. The van der Waals surface area contributed by atoms with Gasteiger partial charge >= 0.3 is 0 Å². The predicted octanol–water partition coefficient (Wildman–Crippen LogP) is 0.969. The number of nitrogens with zero attached hydrogens (tertiary/aromatic N) is 1. The van der Waals surface area contributed by atoms with Crippen molar-refractivity contribution in [2.45, 2.75) is 13.5 Å². The molecule has 0 aromatic heterocycles. The Morgan fingerprint density at radius 1 is 1.50 bits per heavy atom. The number of aromatic hydroxyl groups is 1. The van der Waals surface area contributed by atoms with Crippen LogP contribution in [-0.2, 0) is 11.3 Å². The molecule has 100 valence electrons. The average molecular weight is 252 g/mol. The Bertz CT molecular complexity index is 407. The number of likely N-dealkylation sites (N-methyl/N-ethyl adjacent to an activating group) is 2. The molecule has 0 aliphatic heterocycles. The molecule has 1 aromatic carbocycles. The van der Waals surface area contributed by atoms with Gasteiger partial charge < -0.3 is 15.2 Å². The molecule has 0 aliphatic carbocycles. The summed E-state index contributed by atoms with van der Waals surface area (Å²) in [4.78, 5) is 13.2. The standard InChI is InChI=1S/C13H20N2O3/c1-4-14-13(17)9-15(2)8-10-5-6-11(18-3)7-12(10)16/h5-7,16H,4,8-9H2,1-3H3,(H,14,17). The fraction of sp³-hybridized carbons (Fsp3) is 0.462. The van der Waals surface area contributed by atoms with Crippen LogP contribution in [0.25, 0.3) is 0 Å². The van der Waals surface area contributed by atoms with Gasteiger partial charge in [-0.1, -0.05) is 6.07 Å². The van der Waals surface area contributed by atoms with Gasteiger partial charge in [-0.25, -0.2) is 0 Å². The zero-order chi connectivity index (χ0) is 13.5. The number of rotatable bonds is 6. The lowest BCUT2D eigenvalue weighted by Crippen LogP contribution is -2.34. The highest BCUT2D eigenvalue weighted by molar-refractivity contribution is 5.77. The number of nitrogens with one attached hydrogen (secondary N) is 1. The Labute approximate surface area is 107 Å². The number of hydrogen-bond donors (Lipinski definition) is 2. The molecule has 5 heteroatoms. The van der Waals surface area contributed by atoms with Crippen molar-refractivity contribution in [1.29, 1.82) is 0 Å². The quantitative estimate of drug-likeness (QED) is 0.792. The second-order valence-corrected chi connectivity index (χ2v) is 4.12. The number of benzene rings is 1. The molecule has 0 saturated carbocycles. The van der Waals surface area contributed by atoms with E-state index in [1.54, 1.807) is 25.3 Å². The number of phenolic OH excluding ortho intramolecular Hbond substituents is 1. The molecule has 1 rings (SSSR count). The van der Waals surface area contributed by atoms with Gasteiger partial charge in [-0.15, -0.1) is 0 Å². The van der Waals surface area contributed by atoms with Crippen LogP contribution in [0.5, 0.6) is 11.5 Å². The zero-order valence-electron chi connectivity index (χ0n) is 11.1. The van der Waals surface area contributed by atoms with Crippen molar-refractivity contribution in [3.05, 3.63) is 23.8 Å². The van der Waals surface area contributed by atoms with E-state index in [2.05, 4.69) is 5.32 Å². The maximum Gasteiger partial charge on any atom is 0.234 e. The molecule has 2 N–H and O–H groups in total. The summed E-state index contributed by atoms with van der Waals surface area (Å²) in [5, 5.41) is 12.5. The molecule has 0 bridgehead atoms. The van der Waals surface area contributed by atoms with E-state index in [1.807, 2.05) is 18.9 Å². The number of carbonyl (C=O) groups excluding carboxylic acids is 1. The number of carbonyl (C=O) groups is 1. The Balaban J connectivity index is 2.59. The number of methoxy groups -OCH3 is 1. The van der Waals surface area contributed by atoms with Crippen molar-refractivity contribution in [2.24, 2.45) is 0 Å². The third kappa shape index (κ3) is 4.25. The predicted molar refractivity (Wildman–Crippen MR) is 69.7 cm³/mol. The lowest BCUT2D eigenvalue weighted by Gasteiger charge is -2.17. The Hall–Kier alpha value is -1.75. The molecule has 0 unspecified atom stereocenters. The van der Waals surface area contributed by atoms with Gasteiger partial charge in [0.15, 0.2) is 0 Å². The van der Waals surface area contributed by atoms with Crippen LogP contribution in [0.1, 0.15) is 12.5 Å². The first-order valence-electron chi connectivity index (χ1n) is 5.88. The van der Waals surface area contributed by atoms with Crippen molar-refractivity contribution in [3.8, 4) is 11.5 Å². The Morgan fingerprint density at radius 3 is 2.78 bits per heavy atom. The van der Waals surface area contributed by atoms with Crippen LogP contribution in [0, 0.1) is 0 Å². The van der Waals surface area contributed by atoms with Crippen LogP contribution in [0.3, 0.4) is 0 Å². The molecule has 0 aliphatic rings. The largest absolute Gasteiger partial charge is 0.507 e. The molecule has 18 heavy (non-hydrogen) atoms. The Kier molecular flexibility index (Phi) is 5.45. The smallest absolute Gasteiger partial charge is 0.234 e. The molecule has 0 fully saturated rings. The van der Waals surface area contributed by atoms with E-state index in [1.165, 1.54) is 0 Å². The second-order valence-electron chi connectivity index (χ2n) is 4.12. The van der Waals surface area contributed by atoms with E-state index < -0.39 is 0 Å². The number of phenols is 1. The maximum atomic E-state index is 11.4.